The number of aliphatic hydroxyl groups is 1. The van der Waals surface area contributed by atoms with Crippen molar-refractivity contribution in [2.75, 3.05) is 0 Å². The van der Waals surface area contributed by atoms with E-state index in [2.05, 4.69) is 9.36 Å². The minimum absolute atomic E-state index is 0.0982. The molecule has 2 rings (SSSR count). The van der Waals surface area contributed by atoms with E-state index in [1.807, 2.05) is 0 Å². The molecule has 6 heteroatoms. The molecule has 0 aliphatic carbocycles. The Balaban J connectivity index is 2.40. The van der Waals surface area contributed by atoms with E-state index in [0.29, 0.717) is 20.9 Å². The Morgan fingerprint density at radius 1 is 1.27 bits per heavy atom. The summed E-state index contributed by atoms with van der Waals surface area (Å²) in [6.45, 7) is -0.0982. The van der Waals surface area contributed by atoms with Gasteiger partial charge in [-0.15, -0.1) is 0 Å². The number of hydrogen-bond donors (Lipinski definition) is 1. The van der Waals surface area contributed by atoms with Gasteiger partial charge in [0.2, 0.25) is 0 Å². The maximum absolute atomic E-state index is 8.86. The molecule has 0 spiro atoms. The maximum atomic E-state index is 8.86. The Kier molecular flexibility index (Phi) is 3.21. The van der Waals surface area contributed by atoms with Crippen molar-refractivity contribution < 1.29 is 5.11 Å². The first-order valence-electron chi connectivity index (χ1n) is 4.09. The largest absolute Gasteiger partial charge is 0.389 e. The number of halogens is 2. The highest BCUT2D eigenvalue weighted by Gasteiger charge is 2.07. The Labute approximate surface area is 100 Å². The molecule has 0 saturated heterocycles. The molecule has 1 heterocycles. The first-order valence-corrected chi connectivity index (χ1v) is 5.62. The van der Waals surface area contributed by atoms with E-state index in [0.717, 1.165) is 5.56 Å². The van der Waals surface area contributed by atoms with Crippen LogP contribution in [0.3, 0.4) is 0 Å². The summed E-state index contributed by atoms with van der Waals surface area (Å²) in [5, 5.41) is 10.4. The molecule has 1 N–H and O–H groups in total. The van der Waals surface area contributed by atoms with Crippen molar-refractivity contribution in [1.29, 1.82) is 0 Å². The van der Waals surface area contributed by atoms with Gasteiger partial charge in [-0.25, -0.2) is 4.98 Å². The predicted molar refractivity (Wildman–Crippen MR) is 61.3 cm³/mol. The van der Waals surface area contributed by atoms with Gasteiger partial charge in [-0.1, -0.05) is 23.2 Å². The van der Waals surface area contributed by atoms with Crippen molar-refractivity contribution in [3.63, 3.8) is 0 Å². The summed E-state index contributed by atoms with van der Waals surface area (Å²) in [4.78, 5) is 4.13. The van der Waals surface area contributed by atoms with Crippen molar-refractivity contribution in [1.82, 2.24) is 9.36 Å². The van der Waals surface area contributed by atoms with Crippen LogP contribution in [0.5, 0.6) is 0 Å². The number of aromatic nitrogens is 2. The molecule has 1 aromatic heterocycles. The highest BCUT2D eigenvalue weighted by molar-refractivity contribution is 7.05. The molecule has 0 fully saturated rings. The lowest BCUT2D eigenvalue weighted by Gasteiger charge is -1.98. The van der Waals surface area contributed by atoms with E-state index in [-0.39, 0.29) is 6.61 Å². The van der Waals surface area contributed by atoms with Gasteiger partial charge in [-0.05, 0) is 29.7 Å². The lowest BCUT2D eigenvalue weighted by atomic mass is 10.2. The van der Waals surface area contributed by atoms with E-state index in [1.165, 1.54) is 11.5 Å². The summed E-state index contributed by atoms with van der Waals surface area (Å²) >= 11 is 12.8. The molecular weight excluding hydrogens is 255 g/mol. The maximum Gasteiger partial charge on any atom is 0.173 e. The van der Waals surface area contributed by atoms with Crippen molar-refractivity contribution in [2.45, 2.75) is 6.61 Å². The summed E-state index contributed by atoms with van der Waals surface area (Å²) in [6, 6.07) is 5.18. The molecule has 0 atom stereocenters. The van der Waals surface area contributed by atoms with Crippen LogP contribution in [0, 0.1) is 0 Å². The molecule has 0 aliphatic heterocycles. The van der Waals surface area contributed by atoms with Gasteiger partial charge in [0.1, 0.15) is 5.01 Å². The van der Waals surface area contributed by atoms with E-state index < -0.39 is 0 Å². The summed E-state index contributed by atoms with van der Waals surface area (Å²) in [5.41, 5.74) is 0.792. The van der Waals surface area contributed by atoms with Crippen molar-refractivity contribution in [3.05, 3.63) is 33.3 Å². The van der Waals surface area contributed by atoms with Crippen molar-refractivity contribution >= 4 is 34.7 Å². The standard InChI is InChI=1S/C9H6Cl2N2OS/c10-6-2-1-5(3-7(6)11)9-12-8(4-14)15-13-9/h1-3,14H,4H2. The third-order valence-electron chi connectivity index (χ3n) is 1.78. The van der Waals surface area contributed by atoms with E-state index >= 15 is 0 Å². The highest BCUT2D eigenvalue weighted by atomic mass is 35.5. The van der Waals surface area contributed by atoms with Crippen LogP contribution in [0.4, 0.5) is 0 Å². The molecule has 0 unspecified atom stereocenters. The van der Waals surface area contributed by atoms with Crippen LogP contribution in [0.25, 0.3) is 11.4 Å². The molecule has 15 heavy (non-hydrogen) atoms. The first kappa shape index (κ1) is 10.8. The average Bonchev–Trinajstić information content (AvgIpc) is 2.70. The molecule has 0 amide bonds. The third kappa shape index (κ3) is 2.29. The topological polar surface area (TPSA) is 46.0 Å². The van der Waals surface area contributed by atoms with Gasteiger partial charge in [0, 0.05) is 5.56 Å². The zero-order chi connectivity index (χ0) is 10.8. The third-order valence-corrected chi connectivity index (χ3v) is 3.22. The Morgan fingerprint density at radius 2 is 2.07 bits per heavy atom. The van der Waals surface area contributed by atoms with Crippen molar-refractivity contribution in [3.8, 4) is 11.4 Å². The fourth-order valence-corrected chi connectivity index (χ4v) is 1.89. The zero-order valence-corrected chi connectivity index (χ0v) is 9.77. The number of rotatable bonds is 2. The van der Waals surface area contributed by atoms with E-state index in [1.54, 1.807) is 18.2 Å². The van der Waals surface area contributed by atoms with Crippen LogP contribution in [0.2, 0.25) is 10.0 Å². The Hall–Kier alpha value is -0.680. The second-order valence-electron chi connectivity index (χ2n) is 2.80. The molecule has 0 saturated carbocycles. The fraction of sp³-hybridized carbons (Fsp3) is 0.111. The second-order valence-corrected chi connectivity index (χ2v) is 4.45. The van der Waals surface area contributed by atoms with Crippen LogP contribution in [-0.2, 0) is 6.61 Å². The summed E-state index contributed by atoms with van der Waals surface area (Å²) in [7, 11) is 0. The van der Waals surface area contributed by atoms with Gasteiger partial charge in [0.05, 0.1) is 16.7 Å². The Morgan fingerprint density at radius 3 is 2.67 bits per heavy atom. The molecular formula is C9H6Cl2N2OS. The average molecular weight is 261 g/mol. The number of nitrogens with zero attached hydrogens (tertiary/aromatic N) is 2. The quantitative estimate of drug-likeness (QED) is 0.903. The summed E-state index contributed by atoms with van der Waals surface area (Å²) in [5.74, 6) is 0.558. The molecule has 0 radical (unpaired) electrons. The molecule has 3 nitrogen and oxygen atoms in total. The number of aliphatic hydroxyl groups excluding tert-OH is 1. The molecule has 0 aliphatic rings. The van der Waals surface area contributed by atoms with Crippen LogP contribution in [0.15, 0.2) is 18.2 Å². The lowest BCUT2D eigenvalue weighted by molar-refractivity contribution is 0.281. The molecule has 1 aromatic carbocycles. The van der Waals surface area contributed by atoms with Crippen LogP contribution in [0.1, 0.15) is 5.01 Å². The Bertz CT molecular complexity index is 487. The molecule has 78 valence electrons. The minimum Gasteiger partial charge on any atom is -0.389 e. The molecule has 0 bridgehead atoms. The zero-order valence-electron chi connectivity index (χ0n) is 7.44. The van der Waals surface area contributed by atoms with Gasteiger partial charge in [-0.2, -0.15) is 4.37 Å². The van der Waals surface area contributed by atoms with Crippen LogP contribution < -0.4 is 0 Å². The smallest absolute Gasteiger partial charge is 0.173 e. The first-order chi connectivity index (χ1) is 7.20. The van der Waals surface area contributed by atoms with Crippen molar-refractivity contribution in [2.24, 2.45) is 0 Å². The molecule has 2 aromatic rings. The number of hydrogen-bond acceptors (Lipinski definition) is 4. The van der Waals surface area contributed by atoms with Gasteiger partial charge < -0.3 is 5.11 Å². The van der Waals surface area contributed by atoms with E-state index in [9.17, 15) is 0 Å². The van der Waals surface area contributed by atoms with Gasteiger partial charge >= 0.3 is 0 Å². The highest BCUT2D eigenvalue weighted by Crippen LogP contribution is 2.27. The van der Waals surface area contributed by atoms with Gasteiger partial charge in [0.25, 0.3) is 0 Å². The monoisotopic (exact) mass is 260 g/mol. The summed E-state index contributed by atoms with van der Waals surface area (Å²) in [6.07, 6.45) is 0. The second kappa shape index (κ2) is 4.45. The minimum atomic E-state index is -0.0982. The SMILES string of the molecule is OCc1nc(-c2ccc(Cl)c(Cl)c2)ns1. The van der Waals surface area contributed by atoms with Crippen LogP contribution >= 0.6 is 34.7 Å². The lowest BCUT2D eigenvalue weighted by Crippen LogP contribution is -1.83. The summed E-state index contributed by atoms with van der Waals surface area (Å²) < 4.78 is 4.10. The fourth-order valence-electron chi connectivity index (χ4n) is 1.07. The van der Waals surface area contributed by atoms with Gasteiger partial charge in [0.15, 0.2) is 5.82 Å². The predicted octanol–water partition coefficient (Wildman–Crippen LogP) is 3.00. The normalized spacial score (nSPS) is 10.6. The van der Waals surface area contributed by atoms with Crippen LogP contribution in [-0.4, -0.2) is 14.5 Å². The van der Waals surface area contributed by atoms with E-state index in [4.69, 9.17) is 28.3 Å². The number of benzene rings is 1. The van der Waals surface area contributed by atoms with Gasteiger partial charge in [-0.3, -0.25) is 0 Å².